The molecule has 0 atom stereocenters. The van der Waals surface area contributed by atoms with Gasteiger partial charge >= 0.3 is 24.2 Å². The molecule has 0 heterocycles. The van der Waals surface area contributed by atoms with Gasteiger partial charge in [0.15, 0.2) is 6.07 Å². The highest BCUT2D eigenvalue weighted by Crippen LogP contribution is 2.11. The van der Waals surface area contributed by atoms with Gasteiger partial charge in [0.05, 0.1) is 13.0 Å². The van der Waals surface area contributed by atoms with E-state index in [1.807, 2.05) is 24.3 Å². The summed E-state index contributed by atoms with van der Waals surface area (Å²) in [5.74, 6) is -0.515. The zero-order valence-electron chi connectivity index (χ0n) is 21.8. The van der Waals surface area contributed by atoms with E-state index < -0.39 is 35.9 Å². The van der Waals surface area contributed by atoms with E-state index in [1.54, 1.807) is 57.2 Å². The molecule has 10 nitrogen and oxygen atoms in total. The maximum atomic E-state index is 12.9. The number of halogens is 1. The Balaban J connectivity index is 2.08. The zero-order chi connectivity index (χ0) is 28.0. The summed E-state index contributed by atoms with van der Waals surface area (Å²) >= 11 is 5.51. The largest absolute Gasteiger partial charge is 0.460 e. The number of ether oxygens (including phenoxy) is 4. The third-order valence-electron chi connectivity index (χ3n) is 4.89. The SMILES string of the molecule is CC(C)(C)OC(=O)CCN(CCN(C(=O)OCCl)C(=O)OCc1ccccc1)C(=O)OCc1ccccc1. The van der Waals surface area contributed by atoms with Crippen LogP contribution in [0.3, 0.4) is 0 Å². The topological polar surface area (TPSA) is 112 Å². The second-order valence-corrected chi connectivity index (χ2v) is 9.29. The molecule has 0 N–H and O–H groups in total. The van der Waals surface area contributed by atoms with Gasteiger partial charge in [-0.3, -0.25) is 4.79 Å². The molecule has 0 fully saturated rings. The Bertz CT molecular complexity index is 1040. The molecule has 206 valence electrons. The Labute approximate surface area is 227 Å². The Morgan fingerprint density at radius 1 is 0.711 bits per heavy atom. The molecule has 0 aliphatic carbocycles. The minimum Gasteiger partial charge on any atom is -0.460 e. The van der Waals surface area contributed by atoms with Crippen LogP contribution >= 0.6 is 11.6 Å². The zero-order valence-corrected chi connectivity index (χ0v) is 22.5. The van der Waals surface area contributed by atoms with Gasteiger partial charge in [0.2, 0.25) is 0 Å². The van der Waals surface area contributed by atoms with E-state index in [-0.39, 0.29) is 39.3 Å². The van der Waals surface area contributed by atoms with Crippen LogP contribution in [0.5, 0.6) is 0 Å². The molecule has 0 saturated carbocycles. The van der Waals surface area contributed by atoms with E-state index in [9.17, 15) is 19.2 Å². The van der Waals surface area contributed by atoms with Crippen molar-refractivity contribution in [2.75, 3.05) is 25.7 Å². The molecule has 0 aliphatic heterocycles. The minimum absolute atomic E-state index is 0.000266. The van der Waals surface area contributed by atoms with Gasteiger partial charge in [-0.2, -0.15) is 0 Å². The van der Waals surface area contributed by atoms with Gasteiger partial charge in [0, 0.05) is 13.1 Å². The molecule has 2 aromatic rings. The number of imide groups is 1. The molecule has 38 heavy (non-hydrogen) atoms. The van der Waals surface area contributed by atoms with Crippen molar-refractivity contribution in [2.45, 2.75) is 46.0 Å². The summed E-state index contributed by atoms with van der Waals surface area (Å²) in [6.07, 6.45) is -2.88. The number of rotatable bonds is 11. The molecule has 0 radical (unpaired) electrons. The normalized spacial score (nSPS) is 10.7. The van der Waals surface area contributed by atoms with Crippen molar-refractivity contribution in [2.24, 2.45) is 0 Å². The summed E-state index contributed by atoms with van der Waals surface area (Å²) in [5, 5.41) is 0. The molecule has 0 unspecified atom stereocenters. The number of alkyl halides is 1. The Morgan fingerprint density at radius 3 is 1.71 bits per heavy atom. The number of amides is 3. The van der Waals surface area contributed by atoms with Gasteiger partial charge < -0.3 is 23.8 Å². The monoisotopic (exact) mass is 548 g/mol. The van der Waals surface area contributed by atoms with E-state index in [0.29, 0.717) is 4.90 Å². The number of benzene rings is 2. The number of hydrogen-bond acceptors (Lipinski definition) is 8. The molecule has 0 saturated heterocycles. The van der Waals surface area contributed by atoms with Crippen LogP contribution in [-0.2, 0) is 37.0 Å². The number of nitrogens with zero attached hydrogens (tertiary/aromatic N) is 2. The second-order valence-electron chi connectivity index (χ2n) is 9.07. The highest BCUT2D eigenvalue weighted by atomic mass is 35.5. The number of carbonyl (C=O) groups is 4. The lowest BCUT2D eigenvalue weighted by atomic mass is 10.2. The number of esters is 1. The van der Waals surface area contributed by atoms with Crippen molar-refractivity contribution in [1.82, 2.24) is 9.80 Å². The van der Waals surface area contributed by atoms with Crippen LogP contribution in [-0.4, -0.2) is 65.4 Å². The quantitative estimate of drug-likeness (QED) is 0.210. The molecular formula is C27H33ClN2O8. The third kappa shape index (κ3) is 11.5. The maximum Gasteiger partial charge on any atom is 0.420 e. The van der Waals surface area contributed by atoms with Crippen LogP contribution in [0.2, 0.25) is 0 Å². The molecule has 3 amide bonds. The fourth-order valence-electron chi connectivity index (χ4n) is 3.12. The van der Waals surface area contributed by atoms with E-state index in [4.69, 9.17) is 30.5 Å². The van der Waals surface area contributed by atoms with Crippen LogP contribution in [0.25, 0.3) is 0 Å². The van der Waals surface area contributed by atoms with E-state index in [0.717, 1.165) is 11.1 Å². The first-order chi connectivity index (χ1) is 18.1. The Hall–Kier alpha value is -3.79. The van der Waals surface area contributed by atoms with Crippen LogP contribution in [0.4, 0.5) is 14.4 Å². The van der Waals surface area contributed by atoms with Crippen molar-refractivity contribution in [3.05, 3.63) is 71.8 Å². The van der Waals surface area contributed by atoms with Crippen LogP contribution in [0.1, 0.15) is 38.3 Å². The summed E-state index contributed by atoms with van der Waals surface area (Å²) in [6, 6.07) is 17.5. The minimum atomic E-state index is -1.04. The lowest BCUT2D eigenvalue weighted by Gasteiger charge is -2.26. The van der Waals surface area contributed by atoms with E-state index >= 15 is 0 Å². The highest BCUT2D eigenvalue weighted by Gasteiger charge is 2.27. The number of carbonyl (C=O) groups excluding carboxylic acids is 4. The molecule has 0 aliphatic rings. The summed E-state index contributed by atoms with van der Waals surface area (Å²) in [6.45, 7) is 4.60. The van der Waals surface area contributed by atoms with Gasteiger partial charge in [-0.1, -0.05) is 72.3 Å². The van der Waals surface area contributed by atoms with Gasteiger partial charge in [0.1, 0.15) is 18.8 Å². The summed E-state index contributed by atoms with van der Waals surface area (Å²) in [5.41, 5.74) is 0.792. The fourth-order valence-corrected chi connectivity index (χ4v) is 3.22. The van der Waals surface area contributed by atoms with Crippen LogP contribution in [0.15, 0.2) is 60.7 Å². The first-order valence-electron chi connectivity index (χ1n) is 12.0. The van der Waals surface area contributed by atoms with Crippen LogP contribution in [0, 0.1) is 0 Å². The van der Waals surface area contributed by atoms with E-state index in [2.05, 4.69) is 0 Å². The third-order valence-corrected chi connectivity index (χ3v) is 5.00. The van der Waals surface area contributed by atoms with Crippen molar-refractivity contribution in [1.29, 1.82) is 0 Å². The first-order valence-corrected chi connectivity index (χ1v) is 12.5. The Kier molecular flexibility index (Phi) is 12.4. The molecule has 0 spiro atoms. The summed E-state index contributed by atoms with van der Waals surface area (Å²) in [7, 11) is 0. The smallest absolute Gasteiger partial charge is 0.420 e. The molecule has 2 aromatic carbocycles. The standard InChI is InChI=1S/C27H33ClN2O8/c1-27(2,3)38-23(31)14-15-29(24(32)35-18-21-10-6-4-7-11-21)16-17-30(26(34)37-20-28)25(33)36-19-22-12-8-5-9-13-22/h4-13H,14-20H2,1-3H3. The van der Waals surface area contributed by atoms with Gasteiger partial charge in [-0.05, 0) is 31.9 Å². The molecular weight excluding hydrogens is 516 g/mol. The molecule has 0 aromatic heterocycles. The second kappa shape index (κ2) is 15.5. The fraction of sp³-hybridized carbons (Fsp3) is 0.407. The predicted molar refractivity (Wildman–Crippen MR) is 139 cm³/mol. The predicted octanol–water partition coefficient (Wildman–Crippen LogP) is 5.33. The number of hydrogen-bond donors (Lipinski definition) is 0. The summed E-state index contributed by atoms with van der Waals surface area (Å²) in [4.78, 5) is 52.2. The van der Waals surface area contributed by atoms with Gasteiger partial charge in [-0.25, -0.2) is 19.3 Å². The van der Waals surface area contributed by atoms with Crippen molar-refractivity contribution < 1.29 is 38.1 Å². The molecule has 11 heteroatoms. The first kappa shape index (κ1) is 30.4. The van der Waals surface area contributed by atoms with Crippen molar-refractivity contribution in [3.8, 4) is 0 Å². The highest BCUT2D eigenvalue weighted by molar-refractivity contribution is 6.17. The van der Waals surface area contributed by atoms with Crippen molar-refractivity contribution in [3.63, 3.8) is 0 Å². The van der Waals surface area contributed by atoms with Gasteiger partial charge in [-0.15, -0.1) is 0 Å². The Morgan fingerprint density at radius 2 is 1.21 bits per heavy atom. The van der Waals surface area contributed by atoms with Crippen LogP contribution < -0.4 is 0 Å². The maximum absolute atomic E-state index is 12.9. The average molecular weight is 549 g/mol. The van der Waals surface area contributed by atoms with E-state index in [1.165, 1.54) is 4.90 Å². The lowest BCUT2D eigenvalue weighted by Crippen LogP contribution is -2.45. The van der Waals surface area contributed by atoms with Gasteiger partial charge in [0.25, 0.3) is 0 Å². The van der Waals surface area contributed by atoms with Crippen molar-refractivity contribution >= 4 is 35.8 Å². The molecule has 0 bridgehead atoms. The molecule has 2 rings (SSSR count). The summed E-state index contributed by atoms with van der Waals surface area (Å²) < 4.78 is 20.7. The lowest BCUT2D eigenvalue weighted by molar-refractivity contribution is -0.155. The average Bonchev–Trinajstić information content (AvgIpc) is 2.88.